The molecule has 0 spiro atoms. The number of thioether (sulfide) groups is 1. The van der Waals surface area contributed by atoms with Gasteiger partial charge in [-0.1, -0.05) is 23.2 Å². The lowest BCUT2D eigenvalue weighted by atomic mass is 10.2. The fourth-order valence-corrected chi connectivity index (χ4v) is 5.50. The van der Waals surface area contributed by atoms with Crippen LogP contribution in [0.1, 0.15) is 0 Å². The third kappa shape index (κ3) is 2.80. The van der Waals surface area contributed by atoms with Crippen LogP contribution in [-0.2, 0) is 10.0 Å². The molecule has 1 saturated heterocycles. The minimum Gasteiger partial charge on any atom is -0.255 e. The van der Waals surface area contributed by atoms with Gasteiger partial charge in [-0.2, -0.15) is 16.1 Å². The lowest BCUT2D eigenvalue weighted by molar-refractivity contribution is 0.443. The molecule has 0 saturated carbocycles. The average molecular weight is 381 g/mol. The van der Waals surface area contributed by atoms with Crippen molar-refractivity contribution in [3.63, 3.8) is 0 Å². The summed E-state index contributed by atoms with van der Waals surface area (Å²) in [7, 11) is -3.72. The number of halogens is 3. The highest BCUT2D eigenvalue weighted by molar-refractivity contribution is 7.99. The van der Waals surface area contributed by atoms with Crippen LogP contribution in [-0.4, -0.2) is 42.3 Å². The maximum atomic E-state index is 13.5. The number of rotatable bonds is 2. The second kappa shape index (κ2) is 6.13. The maximum absolute atomic E-state index is 13.5. The van der Waals surface area contributed by atoms with Gasteiger partial charge in [0.05, 0.1) is 15.6 Å². The van der Waals surface area contributed by atoms with Crippen molar-refractivity contribution in [3.05, 3.63) is 34.2 Å². The second-order valence-electron chi connectivity index (χ2n) is 4.74. The van der Waals surface area contributed by atoms with E-state index in [-0.39, 0.29) is 20.5 Å². The summed E-state index contributed by atoms with van der Waals surface area (Å²) in [4.78, 5) is 3.94. The van der Waals surface area contributed by atoms with Crippen molar-refractivity contribution in [1.29, 1.82) is 0 Å². The Bertz CT molecular complexity index is 840. The van der Waals surface area contributed by atoms with Crippen molar-refractivity contribution in [2.75, 3.05) is 24.6 Å². The van der Waals surface area contributed by atoms with Crippen LogP contribution in [0.5, 0.6) is 0 Å². The summed E-state index contributed by atoms with van der Waals surface area (Å²) in [5, 5.41) is 0.214. The summed E-state index contributed by atoms with van der Waals surface area (Å²) < 4.78 is 40.2. The van der Waals surface area contributed by atoms with Crippen molar-refractivity contribution < 1.29 is 12.8 Å². The zero-order valence-electron chi connectivity index (χ0n) is 11.2. The molecule has 0 atom stereocenters. The van der Waals surface area contributed by atoms with Crippen LogP contribution < -0.4 is 0 Å². The van der Waals surface area contributed by atoms with E-state index in [9.17, 15) is 12.8 Å². The first-order valence-corrected chi connectivity index (χ1v) is 9.77. The van der Waals surface area contributed by atoms with Gasteiger partial charge in [-0.25, -0.2) is 12.8 Å². The first-order chi connectivity index (χ1) is 10.4. The van der Waals surface area contributed by atoms with Crippen molar-refractivity contribution in [1.82, 2.24) is 9.29 Å². The smallest absolute Gasteiger partial charge is 0.246 e. The van der Waals surface area contributed by atoms with Gasteiger partial charge < -0.3 is 0 Å². The standard InChI is InChI=1S/C13H11Cl2FN2O2S2/c14-9-5-8-11(6-10(9)16)17-7-12(13(8)15)22(19,20)18-1-3-21-4-2-18/h5-7H,1-4H2. The monoisotopic (exact) mass is 380 g/mol. The Morgan fingerprint density at radius 1 is 1.23 bits per heavy atom. The third-order valence-corrected chi connectivity index (χ3v) is 7.06. The van der Waals surface area contributed by atoms with Crippen LogP contribution in [0.25, 0.3) is 10.9 Å². The van der Waals surface area contributed by atoms with Crippen LogP contribution in [0.15, 0.2) is 23.2 Å². The molecule has 0 radical (unpaired) electrons. The fraction of sp³-hybridized carbons (Fsp3) is 0.308. The first kappa shape index (κ1) is 16.3. The van der Waals surface area contributed by atoms with E-state index in [2.05, 4.69) is 4.98 Å². The number of nitrogens with zero attached hydrogens (tertiary/aromatic N) is 2. The molecule has 1 aliphatic heterocycles. The number of fused-ring (bicyclic) bond motifs is 1. The molecule has 1 aromatic heterocycles. The Kier molecular flexibility index (Phi) is 4.53. The molecule has 0 amide bonds. The van der Waals surface area contributed by atoms with Crippen LogP contribution in [0, 0.1) is 5.82 Å². The molecule has 0 aliphatic carbocycles. The number of sulfonamides is 1. The van der Waals surface area contributed by atoms with E-state index >= 15 is 0 Å². The van der Waals surface area contributed by atoms with Crippen molar-refractivity contribution in [3.8, 4) is 0 Å². The lowest BCUT2D eigenvalue weighted by Gasteiger charge is -2.26. The molecule has 2 aromatic rings. The molecular formula is C13H11Cl2FN2O2S2. The molecule has 3 rings (SSSR count). The average Bonchev–Trinajstić information content (AvgIpc) is 2.50. The zero-order chi connectivity index (χ0) is 15.9. The first-order valence-electron chi connectivity index (χ1n) is 6.42. The van der Waals surface area contributed by atoms with Crippen LogP contribution >= 0.6 is 35.0 Å². The predicted molar refractivity (Wildman–Crippen MR) is 87.8 cm³/mol. The van der Waals surface area contributed by atoms with Gasteiger partial charge in [0.15, 0.2) is 0 Å². The third-order valence-electron chi connectivity index (χ3n) is 3.40. The van der Waals surface area contributed by atoms with Gasteiger partial charge in [0, 0.05) is 42.2 Å². The highest BCUT2D eigenvalue weighted by atomic mass is 35.5. The molecule has 1 aliphatic rings. The van der Waals surface area contributed by atoms with E-state index in [0.29, 0.717) is 18.5 Å². The quantitative estimate of drug-likeness (QED) is 0.800. The Morgan fingerprint density at radius 2 is 1.91 bits per heavy atom. The van der Waals surface area contributed by atoms with Gasteiger partial charge >= 0.3 is 0 Å². The van der Waals surface area contributed by atoms with E-state index in [0.717, 1.165) is 17.6 Å². The normalized spacial score (nSPS) is 17.0. The van der Waals surface area contributed by atoms with Crippen LogP contribution in [0.4, 0.5) is 4.39 Å². The van der Waals surface area contributed by atoms with Crippen molar-refractivity contribution >= 4 is 55.9 Å². The highest BCUT2D eigenvalue weighted by Gasteiger charge is 2.29. The van der Waals surface area contributed by atoms with Crippen LogP contribution in [0.3, 0.4) is 0 Å². The zero-order valence-corrected chi connectivity index (χ0v) is 14.4. The molecule has 1 aromatic carbocycles. The summed E-state index contributed by atoms with van der Waals surface area (Å²) in [5.74, 6) is 0.866. The number of benzene rings is 1. The molecule has 9 heteroatoms. The Hall–Kier alpha value is -0.600. The van der Waals surface area contributed by atoms with E-state index in [1.54, 1.807) is 11.8 Å². The van der Waals surface area contributed by atoms with Gasteiger partial charge in [-0.05, 0) is 6.07 Å². The lowest BCUT2D eigenvalue weighted by Crippen LogP contribution is -2.38. The fourth-order valence-electron chi connectivity index (χ4n) is 2.24. The number of pyridine rings is 1. The second-order valence-corrected chi connectivity index (χ2v) is 8.65. The van der Waals surface area contributed by atoms with E-state index < -0.39 is 15.8 Å². The van der Waals surface area contributed by atoms with Gasteiger partial charge in [0.1, 0.15) is 10.7 Å². The minimum absolute atomic E-state index is 0.0186. The summed E-state index contributed by atoms with van der Waals surface area (Å²) in [6, 6.07) is 2.43. The molecule has 4 nitrogen and oxygen atoms in total. The maximum Gasteiger partial charge on any atom is 0.246 e. The SMILES string of the molecule is O=S(=O)(c1cnc2cc(F)c(Cl)cc2c1Cl)N1CCSCC1. The Morgan fingerprint density at radius 3 is 2.59 bits per heavy atom. The summed E-state index contributed by atoms with van der Waals surface area (Å²) >= 11 is 13.7. The molecule has 0 bridgehead atoms. The van der Waals surface area contributed by atoms with E-state index in [4.69, 9.17) is 23.2 Å². The summed E-state index contributed by atoms with van der Waals surface area (Å²) in [6.07, 6.45) is 1.18. The molecule has 0 N–H and O–H groups in total. The van der Waals surface area contributed by atoms with E-state index in [1.807, 2.05) is 0 Å². The molecule has 118 valence electrons. The molecule has 2 heterocycles. The molecule has 0 unspecified atom stereocenters. The van der Waals surface area contributed by atoms with Gasteiger partial charge in [0.2, 0.25) is 10.0 Å². The van der Waals surface area contributed by atoms with Gasteiger partial charge in [-0.15, -0.1) is 0 Å². The predicted octanol–water partition coefficient (Wildman–Crippen LogP) is 3.42. The number of aromatic nitrogens is 1. The van der Waals surface area contributed by atoms with E-state index in [1.165, 1.54) is 16.6 Å². The molecular weight excluding hydrogens is 370 g/mol. The molecule has 22 heavy (non-hydrogen) atoms. The largest absolute Gasteiger partial charge is 0.255 e. The van der Waals surface area contributed by atoms with Crippen LogP contribution in [0.2, 0.25) is 10.0 Å². The molecule has 1 fully saturated rings. The Balaban J connectivity index is 2.15. The summed E-state index contributed by atoms with van der Waals surface area (Å²) in [5.41, 5.74) is 0.264. The minimum atomic E-state index is -3.72. The Labute approximate surface area is 141 Å². The van der Waals surface area contributed by atoms with Gasteiger partial charge in [-0.3, -0.25) is 4.98 Å². The number of hydrogen-bond donors (Lipinski definition) is 0. The van der Waals surface area contributed by atoms with Crippen molar-refractivity contribution in [2.24, 2.45) is 0 Å². The van der Waals surface area contributed by atoms with Crippen molar-refractivity contribution in [2.45, 2.75) is 4.90 Å². The highest BCUT2D eigenvalue weighted by Crippen LogP contribution is 2.33. The number of hydrogen-bond acceptors (Lipinski definition) is 4. The summed E-state index contributed by atoms with van der Waals surface area (Å²) in [6.45, 7) is 0.872. The topological polar surface area (TPSA) is 50.3 Å². The van der Waals surface area contributed by atoms with Gasteiger partial charge in [0.25, 0.3) is 0 Å².